The molecule has 2 saturated heterocycles. The molecule has 0 unspecified atom stereocenters. The number of amides is 1. The lowest BCUT2D eigenvalue weighted by Gasteiger charge is -2.31. The van der Waals surface area contributed by atoms with Crippen LogP contribution in [-0.2, 0) is 21.2 Å². The molecule has 0 aromatic heterocycles. The lowest BCUT2D eigenvalue weighted by atomic mass is 10.0. The summed E-state index contributed by atoms with van der Waals surface area (Å²) < 4.78 is 33.9. The SMILES string of the molecule is O=C1CCc2cc(OC(=O)c3cc(S(=O)(=O)N4CCCCC4)ccc3N3CCCCC3)ccc2N1. The molecule has 0 spiro atoms. The molecule has 0 saturated carbocycles. The summed E-state index contributed by atoms with van der Waals surface area (Å²) in [5, 5.41) is 2.82. The number of carbonyl (C=O) groups is 2. The van der Waals surface area contributed by atoms with Crippen LogP contribution in [-0.4, -0.2) is 50.8 Å². The van der Waals surface area contributed by atoms with Crippen LogP contribution in [0.4, 0.5) is 11.4 Å². The van der Waals surface area contributed by atoms with Crippen LogP contribution in [0.25, 0.3) is 0 Å². The van der Waals surface area contributed by atoms with Gasteiger partial charge in [0.1, 0.15) is 5.75 Å². The molecule has 0 atom stereocenters. The molecule has 1 amide bonds. The van der Waals surface area contributed by atoms with Crippen molar-refractivity contribution in [1.82, 2.24) is 4.31 Å². The molecule has 1 N–H and O–H groups in total. The lowest BCUT2D eigenvalue weighted by Crippen LogP contribution is -2.36. The number of ether oxygens (including phenoxy) is 1. The van der Waals surface area contributed by atoms with E-state index in [1.165, 1.54) is 10.4 Å². The van der Waals surface area contributed by atoms with Crippen molar-refractivity contribution in [2.75, 3.05) is 36.4 Å². The molecule has 2 aromatic rings. The number of sulfonamides is 1. The standard InChI is InChI=1S/C26H31N3O5S/c30-25-12-7-19-17-20(8-10-23(19)27-25)34-26(31)22-18-21(35(32,33)29-15-5-2-6-16-29)9-11-24(22)28-13-3-1-4-14-28/h8-11,17-18H,1-7,12-16H2,(H,27,30). The molecule has 2 aromatic carbocycles. The summed E-state index contributed by atoms with van der Waals surface area (Å²) in [6.07, 6.45) is 6.88. The Hall–Kier alpha value is -2.91. The fourth-order valence-electron chi connectivity index (χ4n) is 5.09. The van der Waals surface area contributed by atoms with Crippen LogP contribution in [0.5, 0.6) is 5.75 Å². The van der Waals surface area contributed by atoms with Gasteiger partial charge in [-0.15, -0.1) is 0 Å². The largest absolute Gasteiger partial charge is 0.423 e. The fourth-order valence-corrected chi connectivity index (χ4v) is 6.63. The average Bonchev–Trinajstić information content (AvgIpc) is 2.89. The summed E-state index contributed by atoms with van der Waals surface area (Å²) >= 11 is 0. The summed E-state index contributed by atoms with van der Waals surface area (Å²) in [6.45, 7) is 2.64. The number of aryl methyl sites for hydroxylation is 1. The van der Waals surface area contributed by atoms with E-state index in [-0.39, 0.29) is 16.4 Å². The van der Waals surface area contributed by atoms with Crippen LogP contribution in [0.1, 0.15) is 60.9 Å². The van der Waals surface area contributed by atoms with Gasteiger partial charge >= 0.3 is 5.97 Å². The third-order valence-electron chi connectivity index (χ3n) is 7.02. The first-order valence-electron chi connectivity index (χ1n) is 12.5. The van der Waals surface area contributed by atoms with Gasteiger partial charge in [-0.2, -0.15) is 4.31 Å². The number of nitrogens with one attached hydrogen (secondary N) is 1. The molecule has 3 heterocycles. The Balaban J connectivity index is 1.46. The number of esters is 1. The summed E-state index contributed by atoms with van der Waals surface area (Å²) in [5.74, 6) is -0.236. The predicted octanol–water partition coefficient (Wildman–Crippen LogP) is 3.96. The van der Waals surface area contributed by atoms with Crippen LogP contribution >= 0.6 is 0 Å². The van der Waals surface area contributed by atoms with Gasteiger partial charge in [0, 0.05) is 38.3 Å². The van der Waals surface area contributed by atoms with Crippen molar-refractivity contribution in [1.29, 1.82) is 0 Å². The monoisotopic (exact) mass is 497 g/mol. The molecular formula is C26H31N3O5S. The Labute approximate surface area is 206 Å². The smallest absolute Gasteiger partial charge is 0.345 e. The van der Waals surface area contributed by atoms with Gasteiger partial charge in [0.25, 0.3) is 0 Å². The third-order valence-corrected chi connectivity index (χ3v) is 8.91. The van der Waals surface area contributed by atoms with E-state index < -0.39 is 16.0 Å². The second kappa shape index (κ2) is 9.99. The first kappa shape index (κ1) is 23.8. The summed E-state index contributed by atoms with van der Waals surface area (Å²) in [5.41, 5.74) is 2.60. The van der Waals surface area contributed by atoms with Crippen LogP contribution in [0.2, 0.25) is 0 Å². The molecule has 0 radical (unpaired) electrons. The first-order valence-corrected chi connectivity index (χ1v) is 13.9. The Morgan fingerprint density at radius 2 is 1.57 bits per heavy atom. The number of fused-ring (bicyclic) bond motifs is 1. The summed E-state index contributed by atoms with van der Waals surface area (Å²) in [6, 6.07) is 10.00. The van der Waals surface area contributed by atoms with Gasteiger partial charge in [-0.05, 0) is 80.5 Å². The lowest BCUT2D eigenvalue weighted by molar-refractivity contribution is -0.116. The highest BCUT2D eigenvalue weighted by Crippen LogP contribution is 2.32. The number of carbonyl (C=O) groups excluding carboxylic acids is 2. The molecule has 186 valence electrons. The van der Waals surface area contributed by atoms with E-state index in [9.17, 15) is 18.0 Å². The zero-order valence-corrected chi connectivity index (χ0v) is 20.6. The first-order chi connectivity index (χ1) is 16.9. The number of rotatable bonds is 5. The highest BCUT2D eigenvalue weighted by Gasteiger charge is 2.29. The maximum absolute atomic E-state index is 13.4. The highest BCUT2D eigenvalue weighted by molar-refractivity contribution is 7.89. The maximum atomic E-state index is 13.4. The van der Waals surface area contributed by atoms with Crippen molar-refractivity contribution in [2.24, 2.45) is 0 Å². The molecule has 3 aliphatic rings. The van der Waals surface area contributed by atoms with Gasteiger partial charge in [0.05, 0.1) is 16.1 Å². The minimum Gasteiger partial charge on any atom is -0.423 e. The minimum absolute atomic E-state index is 0.0276. The van der Waals surface area contributed by atoms with Gasteiger partial charge < -0.3 is 15.0 Å². The van der Waals surface area contributed by atoms with Gasteiger partial charge in [0.15, 0.2) is 0 Å². The summed E-state index contributed by atoms with van der Waals surface area (Å²) in [7, 11) is -3.69. The van der Waals surface area contributed by atoms with Gasteiger partial charge in [-0.1, -0.05) is 6.42 Å². The van der Waals surface area contributed by atoms with Crippen LogP contribution < -0.4 is 15.0 Å². The Morgan fingerprint density at radius 3 is 2.31 bits per heavy atom. The summed E-state index contributed by atoms with van der Waals surface area (Å²) in [4.78, 5) is 27.3. The highest BCUT2D eigenvalue weighted by atomic mass is 32.2. The topological polar surface area (TPSA) is 96.0 Å². The molecule has 8 nitrogen and oxygen atoms in total. The second-order valence-corrected chi connectivity index (χ2v) is 11.4. The number of piperidine rings is 2. The van der Waals surface area contributed by atoms with Gasteiger partial charge in [-0.3, -0.25) is 4.79 Å². The molecule has 35 heavy (non-hydrogen) atoms. The molecule has 5 rings (SSSR count). The Kier molecular flexibility index (Phi) is 6.80. The van der Waals surface area contributed by atoms with Crippen LogP contribution in [0.15, 0.2) is 41.3 Å². The van der Waals surface area contributed by atoms with Crippen molar-refractivity contribution in [2.45, 2.75) is 56.3 Å². The number of anilines is 2. The number of nitrogens with zero attached hydrogens (tertiary/aromatic N) is 2. The Morgan fingerprint density at radius 1 is 0.857 bits per heavy atom. The number of hydrogen-bond donors (Lipinski definition) is 1. The molecule has 9 heteroatoms. The van der Waals surface area contributed by atoms with Crippen LogP contribution in [0, 0.1) is 0 Å². The minimum atomic E-state index is -3.69. The van der Waals surface area contributed by atoms with E-state index in [1.54, 1.807) is 30.3 Å². The predicted molar refractivity (Wildman–Crippen MR) is 133 cm³/mol. The quantitative estimate of drug-likeness (QED) is 0.496. The molecule has 2 fully saturated rings. The van der Waals surface area contributed by atoms with Crippen molar-refractivity contribution >= 4 is 33.3 Å². The van der Waals surface area contributed by atoms with Crippen LogP contribution in [0.3, 0.4) is 0 Å². The molecule has 3 aliphatic heterocycles. The van der Waals surface area contributed by atoms with Gasteiger partial charge in [0.2, 0.25) is 15.9 Å². The van der Waals surface area contributed by atoms with Crippen molar-refractivity contribution < 1.29 is 22.7 Å². The average molecular weight is 498 g/mol. The normalized spacial score (nSPS) is 19.1. The Bertz CT molecular complexity index is 1230. The van der Waals surface area contributed by atoms with Crippen molar-refractivity contribution in [3.63, 3.8) is 0 Å². The second-order valence-electron chi connectivity index (χ2n) is 9.45. The van der Waals surface area contributed by atoms with E-state index >= 15 is 0 Å². The van der Waals surface area contributed by atoms with Crippen molar-refractivity contribution in [3.05, 3.63) is 47.5 Å². The van der Waals surface area contributed by atoms with E-state index in [0.717, 1.165) is 62.9 Å². The van der Waals surface area contributed by atoms with E-state index in [1.807, 2.05) is 0 Å². The van der Waals surface area contributed by atoms with E-state index in [2.05, 4.69) is 10.2 Å². The zero-order chi connectivity index (χ0) is 24.4. The van der Waals surface area contributed by atoms with Crippen molar-refractivity contribution in [3.8, 4) is 5.75 Å². The third kappa shape index (κ3) is 5.06. The fraction of sp³-hybridized carbons (Fsp3) is 0.462. The number of hydrogen-bond acceptors (Lipinski definition) is 6. The zero-order valence-electron chi connectivity index (χ0n) is 19.8. The molecule has 0 bridgehead atoms. The van der Waals surface area contributed by atoms with Gasteiger partial charge in [-0.25, -0.2) is 13.2 Å². The number of benzene rings is 2. The molecule has 0 aliphatic carbocycles. The maximum Gasteiger partial charge on any atom is 0.345 e. The van der Waals surface area contributed by atoms with E-state index in [4.69, 9.17) is 4.74 Å². The van der Waals surface area contributed by atoms with E-state index in [0.29, 0.717) is 37.4 Å². The molecular weight excluding hydrogens is 466 g/mol.